The van der Waals surface area contributed by atoms with Crippen molar-refractivity contribution >= 4 is 34.0 Å². The lowest BCUT2D eigenvalue weighted by molar-refractivity contribution is 0.102. The van der Waals surface area contributed by atoms with Gasteiger partial charge >= 0.3 is 0 Å². The van der Waals surface area contributed by atoms with Gasteiger partial charge in [0, 0.05) is 0 Å². The number of hydrogen-bond donors (Lipinski definition) is 1. The molecule has 0 aliphatic heterocycles. The fourth-order valence-corrected chi connectivity index (χ4v) is 2.61. The Morgan fingerprint density at radius 3 is 2.95 bits per heavy atom. The summed E-state index contributed by atoms with van der Waals surface area (Å²) in [6.07, 6.45) is 0. The summed E-state index contributed by atoms with van der Waals surface area (Å²) in [6, 6.07) is 4.21. The highest BCUT2D eigenvalue weighted by molar-refractivity contribution is 7.13. The predicted molar refractivity (Wildman–Crippen MR) is 79.5 cm³/mol. The van der Waals surface area contributed by atoms with Gasteiger partial charge in [-0.2, -0.15) is 0 Å². The number of amides is 1. The Kier molecular flexibility index (Phi) is 3.86. The van der Waals surface area contributed by atoms with Crippen LogP contribution in [-0.2, 0) is 0 Å². The monoisotopic (exact) mass is 338 g/mol. The molecule has 0 fully saturated rings. The van der Waals surface area contributed by atoms with Crippen molar-refractivity contribution in [3.8, 4) is 11.3 Å². The van der Waals surface area contributed by atoms with Gasteiger partial charge in [-0.25, -0.2) is 4.39 Å². The summed E-state index contributed by atoms with van der Waals surface area (Å²) in [6.45, 7) is 1.56. The van der Waals surface area contributed by atoms with Gasteiger partial charge in [-0.3, -0.25) is 10.1 Å². The van der Waals surface area contributed by atoms with Gasteiger partial charge in [0.1, 0.15) is 28.3 Å². The number of carbonyl (C=O) groups is 1. The van der Waals surface area contributed by atoms with Crippen LogP contribution in [0.2, 0.25) is 5.02 Å². The summed E-state index contributed by atoms with van der Waals surface area (Å²) in [5.41, 5.74) is 1.64. The minimum atomic E-state index is -0.592. The van der Waals surface area contributed by atoms with E-state index < -0.39 is 11.7 Å². The molecule has 1 aromatic carbocycles. The average Bonchev–Trinajstić information content (AvgIpc) is 3.09. The first kappa shape index (κ1) is 14.6. The van der Waals surface area contributed by atoms with E-state index in [0.717, 1.165) is 11.3 Å². The Labute approximate surface area is 132 Å². The Hall–Kier alpha value is -2.32. The van der Waals surface area contributed by atoms with Crippen molar-refractivity contribution in [1.82, 2.24) is 15.4 Å². The fraction of sp³-hybridized carbons (Fsp3) is 0.0769. The number of anilines is 1. The van der Waals surface area contributed by atoms with Crippen LogP contribution in [0.1, 0.15) is 16.1 Å². The fourth-order valence-electron chi connectivity index (χ4n) is 1.92. The summed E-state index contributed by atoms with van der Waals surface area (Å²) >= 11 is 7.18. The molecule has 22 heavy (non-hydrogen) atoms. The topological polar surface area (TPSA) is 80.9 Å². The Bertz CT molecular complexity index is 814. The zero-order chi connectivity index (χ0) is 15.7. The van der Waals surface area contributed by atoms with Crippen LogP contribution in [0.5, 0.6) is 0 Å². The number of rotatable bonds is 3. The van der Waals surface area contributed by atoms with Crippen molar-refractivity contribution < 1.29 is 13.7 Å². The second-order valence-electron chi connectivity index (χ2n) is 4.26. The molecule has 0 spiro atoms. The summed E-state index contributed by atoms with van der Waals surface area (Å²) in [5.74, 6) is -0.869. The van der Waals surface area contributed by atoms with Gasteiger partial charge in [-0.1, -0.05) is 34.2 Å². The third kappa shape index (κ3) is 2.58. The molecule has 112 valence electrons. The van der Waals surface area contributed by atoms with Crippen LogP contribution in [0.15, 0.2) is 28.2 Å². The third-order valence-electron chi connectivity index (χ3n) is 2.87. The maximum atomic E-state index is 14.0. The zero-order valence-corrected chi connectivity index (χ0v) is 12.7. The highest BCUT2D eigenvalue weighted by Gasteiger charge is 2.25. The molecule has 0 radical (unpaired) electrons. The molecular formula is C13H8ClFN4O2S. The number of hydrogen-bond acceptors (Lipinski definition) is 6. The van der Waals surface area contributed by atoms with Crippen molar-refractivity contribution in [1.29, 1.82) is 0 Å². The summed E-state index contributed by atoms with van der Waals surface area (Å²) in [7, 11) is 0. The molecule has 2 aromatic heterocycles. The van der Waals surface area contributed by atoms with E-state index in [1.165, 1.54) is 23.7 Å². The molecule has 3 rings (SSSR count). The number of nitrogens with one attached hydrogen (secondary N) is 1. The second-order valence-corrected chi connectivity index (χ2v) is 5.50. The van der Waals surface area contributed by atoms with Crippen LogP contribution in [0.3, 0.4) is 0 Å². The average molecular weight is 339 g/mol. The molecule has 1 N–H and O–H groups in total. The lowest BCUT2D eigenvalue weighted by Crippen LogP contribution is -2.13. The van der Waals surface area contributed by atoms with Gasteiger partial charge in [-0.15, -0.1) is 10.2 Å². The van der Waals surface area contributed by atoms with E-state index in [2.05, 4.69) is 20.7 Å². The molecule has 1 amide bonds. The smallest absolute Gasteiger partial charge is 0.263 e. The van der Waals surface area contributed by atoms with Crippen molar-refractivity contribution in [2.45, 2.75) is 6.92 Å². The first-order valence-electron chi connectivity index (χ1n) is 6.06. The third-order valence-corrected chi connectivity index (χ3v) is 3.79. The first-order valence-corrected chi connectivity index (χ1v) is 7.32. The second kappa shape index (κ2) is 5.82. The van der Waals surface area contributed by atoms with E-state index in [1.807, 2.05) is 0 Å². The molecule has 0 saturated carbocycles. The van der Waals surface area contributed by atoms with E-state index in [4.69, 9.17) is 16.1 Å². The maximum Gasteiger partial charge on any atom is 0.263 e. The van der Waals surface area contributed by atoms with E-state index in [0.29, 0.717) is 5.13 Å². The van der Waals surface area contributed by atoms with Crippen molar-refractivity contribution in [3.63, 3.8) is 0 Å². The first-order chi connectivity index (χ1) is 10.6. The van der Waals surface area contributed by atoms with Gasteiger partial charge in [0.25, 0.3) is 5.91 Å². The summed E-state index contributed by atoms with van der Waals surface area (Å²) in [5, 5.41) is 14.1. The van der Waals surface area contributed by atoms with Crippen LogP contribution < -0.4 is 5.32 Å². The number of carbonyl (C=O) groups excluding carboxylic acids is 1. The van der Waals surface area contributed by atoms with Crippen LogP contribution >= 0.6 is 22.9 Å². The number of aryl methyl sites for hydroxylation is 1. The lowest BCUT2D eigenvalue weighted by atomic mass is 10.1. The molecule has 2 heterocycles. The molecule has 0 aliphatic rings. The molecule has 0 atom stereocenters. The van der Waals surface area contributed by atoms with Crippen LogP contribution in [0.25, 0.3) is 11.3 Å². The van der Waals surface area contributed by atoms with Gasteiger partial charge in [0.2, 0.25) is 5.13 Å². The quantitative estimate of drug-likeness (QED) is 0.789. The van der Waals surface area contributed by atoms with Gasteiger partial charge in [0.05, 0.1) is 10.6 Å². The highest BCUT2D eigenvalue weighted by Crippen LogP contribution is 2.33. The minimum Gasteiger partial charge on any atom is -0.360 e. The number of aromatic nitrogens is 3. The van der Waals surface area contributed by atoms with Crippen molar-refractivity contribution in [3.05, 3.63) is 45.9 Å². The standard InChI is InChI=1S/C13H8ClFN4O2S/c1-6-9(12(20)17-13-18-16-5-22-13)11(19-21-6)10-7(14)3-2-4-8(10)15/h2-5H,1H3,(H,17,18,20). The molecule has 0 bridgehead atoms. The number of nitrogens with zero attached hydrogens (tertiary/aromatic N) is 3. The number of benzene rings is 1. The van der Waals surface area contributed by atoms with Gasteiger partial charge in [0.15, 0.2) is 0 Å². The molecule has 6 nitrogen and oxygen atoms in total. The van der Waals surface area contributed by atoms with E-state index in [-0.39, 0.29) is 27.6 Å². The van der Waals surface area contributed by atoms with Crippen molar-refractivity contribution in [2.75, 3.05) is 5.32 Å². The molecular weight excluding hydrogens is 331 g/mol. The Morgan fingerprint density at radius 1 is 1.45 bits per heavy atom. The van der Waals surface area contributed by atoms with E-state index >= 15 is 0 Å². The SMILES string of the molecule is Cc1onc(-c2c(F)cccc2Cl)c1C(=O)Nc1nncs1. The van der Waals surface area contributed by atoms with E-state index in [9.17, 15) is 9.18 Å². The molecule has 0 unspecified atom stereocenters. The summed E-state index contributed by atoms with van der Waals surface area (Å²) in [4.78, 5) is 12.4. The van der Waals surface area contributed by atoms with E-state index in [1.54, 1.807) is 6.92 Å². The van der Waals surface area contributed by atoms with Crippen LogP contribution in [0.4, 0.5) is 9.52 Å². The summed E-state index contributed by atoms with van der Waals surface area (Å²) < 4.78 is 19.1. The highest BCUT2D eigenvalue weighted by atomic mass is 35.5. The van der Waals surface area contributed by atoms with Gasteiger partial charge < -0.3 is 4.52 Å². The number of halogens is 2. The van der Waals surface area contributed by atoms with Crippen LogP contribution in [0, 0.1) is 12.7 Å². The largest absolute Gasteiger partial charge is 0.360 e. The molecule has 0 aliphatic carbocycles. The molecule has 0 saturated heterocycles. The maximum absolute atomic E-state index is 14.0. The van der Waals surface area contributed by atoms with Gasteiger partial charge in [-0.05, 0) is 19.1 Å². The minimum absolute atomic E-state index is 0.0171. The predicted octanol–water partition coefficient (Wildman–Crippen LogP) is 3.55. The van der Waals surface area contributed by atoms with Crippen molar-refractivity contribution in [2.24, 2.45) is 0 Å². The Balaban J connectivity index is 2.06. The molecule has 3 aromatic rings. The zero-order valence-electron chi connectivity index (χ0n) is 11.1. The van der Waals surface area contributed by atoms with Crippen LogP contribution in [-0.4, -0.2) is 21.3 Å². The Morgan fingerprint density at radius 2 is 2.27 bits per heavy atom. The molecule has 9 heteroatoms. The lowest BCUT2D eigenvalue weighted by Gasteiger charge is -2.05. The normalized spacial score (nSPS) is 10.7.